The van der Waals surface area contributed by atoms with Crippen LogP contribution in [-0.2, 0) is 0 Å². The Hall–Kier alpha value is -1.67. The van der Waals surface area contributed by atoms with E-state index in [4.69, 9.17) is 0 Å². The van der Waals surface area contributed by atoms with Gasteiger partial charge in [-0.25, -0.2) is 9.67 Å². The zero-order chi connectivity index (χ0) is 14.7. The van der Waals surface area contributed by atoms with Crippen molar-refractivity contribution in [3.63, 3.8) is 0 Å². The molecule has 2 atom stereocenters. The zero-order valence-electron chi connectivity index (χ0n) is 12.3. The highest BCUT2D eigenvalue weighted by Crippen LogP contribution is 2.10. The van der Waals surface area contributed by atoms with Gasteiger partial charge >= 0.3 is 0 Å². The lowest BCUT2D eigenvalue weighted by molar-refractivity contribution is 0.0927. The molecule has 2 heterocycles. The number of aliphatic hydroxyl groups excluding tert-OH is 1. The van der Waals surface area contributed by atoms with Gasteiger partial charge in [-0.3, -0.25) is 4.79 Å². The van der Waals surface area contributed by atoms with Crippen LogP contribution in [-0.4, -0.2) is 51.5 Å². The number of hydrogen-bond acceptors (Lipinski definition) is 5. The van der Waals surface area contributed by atoms with Crippen LogP contribution in [0, 0.1) is 5.92 Å². The van der Waals surface area contributed by atoms with Crippen LogP contribution in [0.1, 0.15) is 10.4 Å². The van der Waals surface area contributed by atoms with E-state index in [1.807, 2.05) is 6.07 Å². The van der Waals surface area contributed by atoms with Gasteiger partial charge < -0.3 is 15.7 Å². The number of aliphatic hydroxyl groups is 1. The largest absolute Gasteiger partial charge is 0.391 e. The van der Waals surface area contributed by atoms with Crippen molar-refractivity contribution < 1.29 is 9.90 Å². The molecule has 1 amide bonds. The Kier molecular flexibility index (Phi) is 7.44. The van der Waals surface area contributed by atoms with E-state index in [1.165, 1.54) is 6.33 Å². The second-order valence-corrected chi connectivity index (χ2v) is 5.09. The normalized spacial score (nSPS) is 19.5. The van der Waals surface area contributed by atoms with Crippen molar-refractivity contribution in [2.75, 3.05) is 19.6 Å². The summed E-state index contributed by atoms with van der Waals surface area (Å²) < 4.78 is 1.60. The molecule has 0 bridgehead atoms. The van der Waals surface area contributed by atoms with Crippen LogP contribution in [0.4, 0.5) is 0 Å². The minimum Gasteiger partial charge on any atom is -0.391 e. The van der Waals surface area contributed by atoms with Crippen molar-refractivity contribution in [1.82, 2.24) is 25.4 Å². The molecular formula is C14H19Cl2N5O2. The lowest BCUT2D eigenvalue weighted by atomic mass is 10.1. The standard InChI is InChI=1S/C14H17N5O2.2ClH/c20-13-7-15-5-11(13)6-17-14(21)10-2-1-3-12(4-10)19-9-16-8-18-19;;/h1-4,8-9,11,13,15,20H,5-7H2,(H,17,21);2*1H. The monoisotopic (exact) mass is 359 g/mol. The molecule has 0 aliphatic carbocycles. The molecule has 1 fully saturated rings. The number of rotatable bonds is 4. The van der Waals surface area contributed by atoms with Crippen molar-refractivity contribution >= 4 is 30.7 Å². The van der Waals surface area contributed by atoms with E-state index < -0.39 is 6.10 Å². The van der Waals surface area contributed by atoms with E-state index in [-0.39, 0.29) is 36.6 Å². The molecule has 1 aliphatic heterocycles. The zero-order valence-corrected chi connectivity index (χ0v) is 13.9. The van der Waals surface area contributed by atoms with Gasteiger partial charge in [0.25, 0.3) is 5.91 Å². The van der Waals surface area contributed by atoms with Gasteiger partial charge in [0.2, 0.25) is 0 Å². The molecule has 0 radical (unpaired) electrons. The highest BCUT2D eigenvalue weighted by atomic mass is 35.5. The third-order valence-corrected chi connectivity index (χ3v) is 3.62. The van der Waals surface area contributed by atoms with Crippen molar-refractivity contribution in [3.8, 4) is 5.69 Å². The van der Waals surface area contributed by atoms with Crippen molar-refractivity contribution in [2.45, 2.75) is 6.10 Å². The van der Waals surface area contributed by atoms with Crippen LogP contribution >= 0.6 is 24.8 Å². The Morgan fingerprint density at radius 3 is 2.87 bits per heavy atom. The van der Waals surface area contributed by atoms with Gasteiger partial charge in [0.05, 0.1) is 11.8 Å². The van der Waals surface area contributed by atoms with Crippen LogP contribution in [0.15, 0.2) is 36.9 Å². The fourth-order valence-corrected chi connectivity index (χ4v) is 2.38. The van der Waals surface area contributed by atoms with E-state index in [0.29, 0.717) is 18.7 Å². The first kappa shape index (κ1) is 19.4. The van der Waals surface area contributed by atoms with E-state index >= 15 is 0 Å². The van der Waals surface area contributed by atoms with Gasteiger partial charge in [-0.2, -0.15) is 5.10 Å². The van der Waals surface area contributed by atoms with Crippen LogP contribution < -0.4 is 10.6 Å². The highest BCUT2D eigenvalue weighted by Gasteiger charge is 2.25. The Morgan fingerprint density at radius 1 is 1.39 bits per heavy atom. The summed E-state index contributed by atoms with van der Waals surface area (Å²) in [6.45, 7) is 1.77. The molecule has 2 unspecified atom stereocenters. The number of halogens is 2. The summed E-state index contributed by atoms with van der Waals surface area (Å²) in [7, 11) is 0. The first-order valence-corrected chi connectivity index (χ1v) is 6.86. The Balaban J connectivity index is 0.00000132. The molecule has 2 aromatic rings. The minimum absolute atomic E-state index is 0. The third-order valence-electron chi connectivity index (χ3n) is 3.62. The van der Waals surface area contributed by atoms with Gasteiger partial charge in [0.1, 0.15) is 12.7 Å². The van der Waals surface area contributed by atoms with Gasteiger partial charge in [-0.05, 0) is 18.2 Å². The maximum absolute atomic E-state index is 12.2. The molecule has 1 saturated heterocycles. The summed E-state index contributed by atoms with van der Waals surface area (Å²) in [5.74, 6) is -0.0940. The molecular weight excluding hydrogens is 341 g/mol. The summed E-state index contributed by atoms with van der Waals surface area (Å²) in [5.41, 5.74) is 1.34. The topological polar surface area (TPSA) is 92.1 Å². The lowest BCUT2D eigenvalue weighted by Crippen LogP contribution is -2.34. The number of amides is 1. The molecule has 3 N–H and O–H groups in total. The van der Waals surface area contributed by atoms with Crippen LogP contribution in [0.3, 0.4) is 0 Å². The second-order valence-electron chi connectivity index (χ2n) is 5.09. The van der Waals surface area contributed by atoms with Crippen molar-refractivity contribution in [2.24, 2.45) is 5.92 Å². The summed E-state index contributed by atoms with van der Waals surface area (Å²) >= 11 is 0. The van der Waals surface area contributed by atoms with Crippen molar-refractivity contribution in [3.05, 3.63) is 42.5 Å². The maximum atomic E-state index is 12.2. The minimum atomic E-state index is -0.396. The smallest absolute Gasteiger partial charge is 0.251 e. The van der Waals surface area contributed by atoms with E-state index in [0.717, 1.165) is 12.2 Å². The summed E-state index contributed by atoms with van der Waals surface area (Å²) in [6, 6.07) is 7.17. The molecule has 9 heteroatoms. The highest BCUT2D eigenvalue weighted by molar-refractivity contribution is 5.94. The Morgan fingerprint density at radius 2 is 2.22 bits per heavy atom. The maximum Gasteiger partial charge on any atom is 0.251 e. The summed E-state index contributed by atoms with van der Waals surface area (Å²) in [5, 5.41) is 19.7. The molecule has 3 rings (SSSR count). The molecule has 23 heavy (non-hydrogen) atoms. The number of carbonyl (C=O) groups is 1. The number of carbonyl (C=O) groups excluding carboxylic acids is 1. The van der Waals surface area contributed by atoms with E-state index in [9.17, 15) is 9.90 Å². The molecule has 0 spiro atoms. The van der Waals surface area contributed by atoms with Crippen LogP contribution in [0.5, 0.6) is 0 Å². The van der Waals surface area contributed by atoms with Crippen molar-refractivity contribution in [1.29, 1.82) is 0 Å². The first-order valence-electron chi connectivity index (χ1n) is 6.86. The first-order chi connectivity index (χ1) is 10.2. The van der Waals surface area contributed by atoms with Gasteiger partial charge in [-0.15, -0.1) is 24.8 Å². The predicted octanol–water partition coefficient (Wildman–Crippen LogP) is 0.421. The fourth-order valence-electron chi connectivity index (χ4n) is 2.38. The van der Waals surface area contributed by atoms with Gasteiger partial charge in [-0.1, -0.05) is 6.07 Å². The Labute approximate surface area is 146 Å². The van der Waals surface area contributed by atoms with Crippen LogP contribution in [0.2, 0.25) is 0 Å². The van der Waals surface area contributed by atoms with Gasteiger partial charge in [0, 0.05) is 31.1 Å². The number of nitrogens with zero attached hydrogens (tertiary/aromatic N) is 3. The SMILES string of the molecule is Cl.Cl.O=C(NCC1CNCC1O)c1cccc(-n2cncn2)c1. The molecule has 1 aliphatic rings. The van der Waals surface area contributed by atoms with Gasteiger partial charge in [0.15, 0.2) is 0 Å². The third kappa shape index (κ3) is 4.65. The molecule has 7 nitrogen and oxygen atoms in total. The molecule has 1 aromatic carbocycles. The molecule has 0 saturated carbocycles. The number of hydrogen-bond donors (Lipinski definition) is 3. The predicted molar refractivity (Wildman–Crippen MR) is 90.6 cm³/mol. The summed E-state index contributed by atoms with van der Waals surface area (Å²) in [4.78, 5) is 16.1. The quantitative estimate of drug-likeness (QED) is 0.735. The fraction of sp³-hybridized carbons (Fsp3) is 0.357. The summed E-state index contributed by atoms with van der Waals surface area (Å²) in [6.07, 6.45) is 2.63. The average Bonchev–Trinajstić information content (AvgIpc) is 3.16. The number of nitrogens with one attached hydrogen (secondary N) is 2. The average molecular weight is 360 g/mol. The van der Waals surface area contributed by atoms with Crippen LogP contribution in [0.25, 0.3) is 5.69 Å². The number of β-amino-alcohol motifs (C(OH)–C–C–N with tert-alkyl or cyclic N) is 1. The lowest BCUT2D eigenvalue weighted by Gasteiger charge is -2.14. The van der Waals surface area contributed by atoms with E-state index in [1.54, 1.807) is 29.2 Å². The van der Waals surface area contributed by atoms with E-state index in [2.05, 4.69) is 20.7 Å². The molecule has 126 valence electrons. The Bertz CT molecular complexity index is 623. The second kappa shape index (κ2) is 8.83. The number of aromatic nitrogens is 3. The molecule has 1 aromatic heterocycles. The number of benzene rings is 1.